The summed E-state index contributed by atoms with van der Waals surface area (Å²) in [5, 5.41) is 2.91. The van der Waals surface area contributed by atoms with Gasteiger partial charge in [-0.05, 0) is 30.3 Å². The van der Waals surface area contributed by atoms with Crippen LogP contribution in [0.4, 0.5) is 15.8 Å². The van der Waals surface area contributed by atoms with E-state index >= 15 is 0 Å². The summed E-state index contributed by atoms with van der Waals surface area (Å²) >= 11 is 0. The topological polar surface area (TPSA) is 67.6 Å². The Labute approximate surface area is 168 Å². The summed E-state index contributed by atoms with van der Waals surface area (Å²) in [4.78, 5) is 18.7. The molecule has 1 aliphatic rings. The summed E-state index contributed by atoms with van der Waals surface area (Å²) in [5.41, 5.74) is 2.17. The first-order valence-corrected chi connectivity index (χ1v) is 9.61. The quantitative estimate of drug-likeness (QED) is 0.686. The Morgan fingerprint density at radius 2 is 1.97 bits per heavy atom. The number of hydrogen-bond acceptors (Lipinski definition) is 5. The van der Waals surface area contributed by atoms with E-state index in [4.69, 9.17) is 9.15 Å². The lowest BCUT2D eigenvalue weighted by atomic mass is 10.2. The summed E-state index contributed by atoms with van der Waals surface area (Å²) in [6.07, 6.45) is 2.04. The van der Waals surface area contributed by atoms with Crippen LogP contribution in [-0.2, 0) is 16.0 Å². The van der Waals surface area contributed by atoms with Gasteiger partial charge in [-0.25, -0.2) is 9.37 Å². The number of oxazole rings is 1. The molecule has 1 aromatic heterocycles. The van der Waals surface area contributed by atoms with E-state index in [2.05, 4.69) is 15.2 Å². The van der Waals surface area contributed by atoms with E-state index in [9.17, 15) is 9.18 Å². The lowest BCUT2D eigenvalue weighted by Gasteiger charge is -2.29. The highest BCUT2D eigenvalue weighted by Gasteiger charge is 2.14. The van der Waals surface area contributed by atoms with Crippen molar-refractivity contribution in [3.05, 3.63) is 66.4 Å². The van der Waals surface area contributed by atoms with Crippen LogP contribution in [0.1, 0.15) is 12.3 Å². The van der Waals surface area contributed by atoms with Crippen molar-refractivity contribution in [1.29, 1.82) is 0 Å². The van der Waals surface area contributed by atoms with Crippen molar-refractivity contribution in [1.82, 2.24) is 4.98 Å². The molecule has 7 heteroatoms. The minimum absolute atomic E-state index is 0.130. The van der Waals surface area contributed by atoms with Crippen molar-refractivity contribution in [2.24, 2.45) is 0 Å². The molecule has 1 saturated heterocycles. The van der Waals surface area contributed by atoms with E-state index in [0.717, 1.165) is 24.5 Å². The second-order valence-electron chi connectivity index (χ2n) is 6.80. The summed E-state index contributed by atoms with van der Waals surface area (Å²) in [7, 11) is 0. The fourth-order valence-corrected chi connectivity index (χ4v) is 3.26. The highest BCUT2D eigenvalue weighted by molar-refractivity contribution is 5.91. The van der Waals surface area contributed by atoms with Gasteiger partial charge in [0.25, 0.3) is 0 Å². The third-order valence-corrected chi connectivity index (χ3v) is 4.76. The molecule has 4 rings (SSSR count). The summed E-state index contributed by atoms with van der Waals surface area (Å²) in [6, 6.07) is 14.1. The molecule has 1 amide bonds. The van der Waals surface area contributed by atoms with Crippen LogP contribution in [0.3, 0.4) is 0 Å². The molecule has 0 aliphatic carbocycles. The zero-order valence-electron chi connectivity index (χ0n) is 15.9. The molecule has 1 aliphatic heterocycles. The predicted molar refractivity (Wildman–Crippen MR) is 108 cm³/mol. The number of amides is 1. The fourth-order valence-electron chi connectivity index (χ4n) is 3.26. The van der Waals surface area contributed by atoms with Gasteiger partial charge in [-0.2, -0.15) is 0 Å². The molecule has 29 heavy (non-hydrogen) atoms. The van der Waals surface area contributed by atoms with E-state index < -0.39 is 0 Å². The monoisotopic (exact) mass is 395 g/mol. The van der Waals surface area contributed by atoms with Crippen LogP contribution in [0.2, 0.25) is 0 Å². The highest BCUT2D eigenvalue weighted by Crippen LogP contribution is 2.24. The molecule has 3 aromatic rings. The standard InChI is InChI=1S/C22H22FN3O3/c23-19-7-2-1-6-18(19)20-15-24-22(29-20)9-8-21(27)25-16-4-3-5-17(14-16)26-10-12-28-13-11-26/h1-7,14-15H,8-13H2,(H,25,27). The fraction of sp³-hybridized carbons (Fsp3) is 0.273. The van der Waals surface area contributed by atoms with Gasteiger partial charge < -0.3 is 19.4 Å². The minimum atomic E-state index is -0.368. The van der Waals surface area contributed by atoms with E-state index in [1.807, 2.05) is 24.3 Å². The zero-order valence-corrected chi connectivity index (χ0v) is 15.9. The number of anilines is 2. The van der Waals surface area contributed by atoms with E-state index in [1.165, 1.54) is 12.3 Å². The molecule has 6 nitrogen and oxygen atoms in total. The first-order chi connectivity index (χ1) is 14.2. The third kappa shape index (κ3) is 4.81. The highest BCUT2D eigenvalue weighted by atomic mass is 19.1. The lowest BCUT2D eigenvalue weighted by molar-refractivity contribution is -0.116. The maximum Gasteiger partial charge on any atom is 0.224 e. The molecular formula is C22H22FN3O3. The van der Waals surface area contributed by atoms with Crippen LogP contribution >= 0.6 is 0 Å². The van der Waals surface area contributed by atoms with Crippen LogP contribution in [-0.4, -0.2) is 37.2 Å². The van der Waals surface area contributed by atoms with E-state index in [-0.39, 0.29) is 18.1 Å². The SMILES string of the molecule is O=C(CCc1ncc(-c2ccccc2F)o1)Nc1cccc(N2CCOCC2)c1. The van der Waals surface area contributed by atoms with Crippen LogP contribution in [0, 0.1) is 5.82 Å². The lowest BCUT2D eigenvalue weighted by Crippen LogP contribution is -2.36. The second-order valence-corrected chi connectivity index (χ2v) is 6.80. The number of carbonyl (C=O) groups excluding carboxylic acids is 1. The smallest absolute Gasteiger partial charge is 0.224 e. The average molecular weight is 395 g/mol. The van der Waals surface area contributed by atoms with Crippen LogP contribution < -0.4 is 10.2 Å². The molecule has 0 atom stereocenters. The Morgan fingerprint density at radius 1 is 1.14 bits per heavy atom. The Balaban J connectivity index is 1.33. The zero-order chi connectivity index (χ0) is 20.1. The molecule has 2 heterocycles. The van der Waals surface area contributed by atoms with Gasteiger partial charge in [0, 0.05) is 37.3 Å². The summed E-state index contributed by atoms with van der Waals surface area (Å²) in [5.74, 6) is 0.264. The normalized spacial score (nSPS) is 14.0. The van der Waals surface area contributed by atoms with Crippen LogP contribution in [0.25, 0.3) is 11.3 Å². The summed E-state index contributed by atoms with van der Waals surface area (Å²) < 4.78 is 24.8. The van der Waals surface area contributed by atoms with Gasteiger partial charge in [0.15, 0.2) is 11.7 Å². The van der Waals surface area contributed by atoms with Gasteiger partial charge >= 0.3 is 0 Å². The van der Waals surface area contributed by atoms with Gasteiger partial charge in [0.2, 0.25) is 5.91 Å². The number of rotatable bonds is 6. The Hall–Kier alpha value is -3.19. The molecule has 1 N–H and O–H groups in total. The molecule has 1 fully saturated rings. The number of aromatic nitrogens is 1. The van der Waals surface area contributed by atoms with Crippen molar-refractivity contribution < 1.29 is 18.3 Å². The van der Waals surface area contributed by atoms with Gasteiger partial charge in [0.1, 0.15) is 5.82 Å². The Bertz CT molecular complexity index is 983. The van der Waals surface area contributed by atoms with Crippen molar-refractivity contribution >= 4 is 17.3 Å². The van der Waals surface area contributed by atoms with Crippen molar-refractivity contribution in [3.63, 3.8) is 0 Å². The number of nitrogens with zero attached hydrogens (tertiary/aromatic N) is 2. The number of carbonyl (C=O) groups is 1. The van der Waals surface area contributed by atoms with Gasteiger partial charge in [0.05, 0.1) is 25.0 Å². The number of nitrogens with one attached hydrogen (secondary N) is 1. The number of halogens is 1. The molecule has 0 radical (unpaired) electrons. The van der Waals surface area contributed by atoms with Gasteiger partial charge in [-0.3, -0.25) is 4.79 Å². The van der Waals surface area contributed by atoms with E-state index in [1.54, 1.807) is 18.2 Å². The maximum atomic E-state index is 13.8. The van der Waals surface area contributed by atoms with Crippen LogP contribution in [0.5, 0.6) is 0 Å². The van der Waals surface area contributed by atoms with Crippen molar-refractivity contribution in [2.75, 3.05) is 36.5 Å². The Morgan fingerprint density at radius 3 is 2.79 bits per heavy atom. The third-order valence-electron chi connectivity index (χ3n) is 4.76. The molecule has 0 saturated carbocycles. The number of ether oxygens (including phenoxy) is 1. The number of morpholine rings is 1. The van der Waals surface area contributed by atoms with Crippen LogP contribution in [0.15, 0.2) is 59.1 Å². The summed E-state index contributed by atoms with van der Waals surface area (Å²) in [6.45, 7) is 3.10. The first-order valence-electron chi connectivity index (χ1n) is 9.61. The number of benzene rings is 2. The first kappa shape index (κ1) is 19.1. The average Bonchev–Trinajstić information content (AvgIpc) is 3.22. The largest absolute Gasteiger partial charge is 0.441 e. The van der Waals surface area contributed by atoms with Crippen molar-refractivity contribution in [3.8, 4) is 11.3 Å². The van der Waals surface area contributed by atoms with E-state index in [0.29, 0.717) is 36.8 Å². The second kappa shape index (κ2) is 8.87. The molecule has 0 spiro atoms. The molecule has 0 bridgehead atoms. The van der Waals surface area contributed by atoms with Gasteiger partial charge in [-0.15, -0.1) is 0 Å². The molecule has 150 valence electrons. The molecule has 0 unspecified atom stereocenters. The molecule has 2 aromatic carbocycles. The van der Waals surface area contributed by atoms with Crippen molar-refractivity contribution in [2.45, 2.75) is 12.8 Å². The maximum absolute atomic E-state index is 13.8. The number of hydrogen-bond donors (Lipinski definition) is 1. The number of aryl methyl sites for hydroxylation is 1. The molecular weight excluding hydrogens is 373 g/mol. The minimum Gasteiger partial charge on any atom is -0.441 e. The van der Waals surface area contributed by atoms with Gasteiger partial charge in [-0.1, -0.05) is 18.2 Å². The predicted octanol–water partition coefficient (Wildman–Crippen LogP) is 3.89. The Kier molecular flexibility index (Phi) is 5.86.